The van der Waals surface area contributed by atoms with Crippen LogP contribution in [0.4, 0.5) is 5.69 Å². The minimum atomic E-state index is 0.0314. The molecule has 0 spiro atoms. The number of benzene rings is 1. The Morgan fingerprint density at radius 1 is 1.32 bits per heavy atom. The minimum absolute atomic E-state index is 0.0314. The van der Waals surface area contributed by atoms with Gasteiger partial charge in [0.25, 0.3) is 0 Å². The van der Waals surface area contributed by atoms with Crippen LogP contribution in [0.1, 0.15) is 19.8 Å². The van der Waals surface area contributed by atoms with Crippen molar-refractivity contribution in [3.63, 3.8) is 0 Å². The molecule has 1 heterocycles. The standard InChI is InChI=1S/C14H16ClNO3/c1-8-5-9(8)14(17)16-11-7-13-12(6-10(11)15)18-3-2-4-19-13/h6-9H,2-5H2,1H3,(H,16,17). The Hall–Kier alpha value is -1.42. The Labute approximate surface area is 117 Å². The summed E-state index contributed by atoms with van der Waals surface area (Å²) in [5, 5.41) is 3.34. The first-order valence-electron chi connectivity index (χ1n) is 6.55. The highest BCUT2D eigenvalue weighted by Gasteiger charge is 2.39. The highest BCUT2D eigenvalue weighted by atomic mass is 35.5. The predicted molar refractivity (Wildman–Crippen MR) is 73.0 cm³/mol. The van der Waals surface area contributed by atoms with Crippen LogP contribution in [-0.4, -0.2) is 19.1 Å². The summed E-state index contributed by atoms with van der Waals surface area (Å²) >= 11 is 6.17. The topological polar surface area (TPSA) is 47.6 Å². The van der Waals surface area contributed by atoms with Gasteiger partial charge in [0.2, 0.25) is 5.91 Å². The Kier molecular flexibility index (Phi) is 3.27. The first-order valence-corrected chi connectivity index (χ1v) is 6.93. The van der Waals surface area contributed by atoms with Crippen molar-refractivity contribution in [1.29, 1.82) is 0 Å². The molecular formula is C14H16ClNO3. The lowest BCUT2D eigenvalue weighted by molar-refractivity contribution is -0.117. The molecule has 3 rings (SSSR count). The van der Waals surface area contributed by atoms with Gasteiger partial charge in [-0.05, 0) is 12.3 Å². The van der Waals surface area contributed by atoms with Gasteiger partial charge in [-0.1, -0.05) is 18.5 Å². The normalized spacial score (nSPS) is 24.5. The lowest BCUT2D eigenvalue weighted by Gasteiger charge is -2.12. The second kappa shape index (κ2) is 4.93. The minimum Gasteiger partial charge on any atom is -0.490 e. The van der Waals surface area contributed by atoms with E-state index in [2.05, 4.69) is 12.2 Å². The van der Waals surface area contributed by atoms with Crippen molar-refractivity contribution in [3.05, 3.63) is 17.2 Å². The lowest BCUT2D eigenvalue weighted by Crippen LogP contribution is -2.14. The molecule has 0 bridgehead atoms. The predicted octanol–water partition coefficient (Wildman–Crippen LogP) is 3.10. The van der Waals surface area contributed by atoms with Crippen molar-refractivity contribution in [2.75, 3.05) is 18.5 Å². The molecule has 1 fully saturated rings. The SMILES string of the molecule is CC1CC1C(=O)Nc1cc2c(cc1Cl)OCCCO2. The quantitative estimate of drug-likeness (QED) is 0.906. The number of ether oxygens (including phenoxy) is 2. The molecular weight excluding hydrogens is 266 g/mol. The summed E-state index contributed by atoms with van der Waals surface area (Å²) < 4.78 is 11.1. The van der Waals surface area contributed by atoms with Crippen molar-refractivity contribution in [1.82, 2.24) is 0 Å². The monoisotopic (exact) mass is 281 g/mol. The lowest BCUT2D eigenvalue weighted by atomic mass is 10.2. The number of halogens is 1. The third-order valence-corrected chi connectivity index (χ3v) is 3.85. The van der Waals surface area contributed by atoms with Crippen LogP contribution in [0.2, 0.25) is 5.02 Å². The van der Waals surface area contributed by atoms with Gasteiger partial charge >= 0.3 is 0 Å². The van der Waals surface area contributed by atoms with E-state index < -0.39 is 0 Å². The van der Waals surface area contributed by atoms with Gasteiger partial charge in [-0.25, -0.2) is 0 Å². The van der Waals surface area contributed by atoms with Gasteiger partial charge in [0, 0.05) is 24.5 Å². The summed E-state index contributed by atoms with van der Waals surface area (Å²) in [6.07, 6.45) is 1.79. The number of carbonyl (C=O) groups is 1. The average molecular weight is 282 g/mol. The van der Waals surface area contributed by atoms with Crippen molar-refractivity contribution in [2.24, 2.45) is 11.8 Å². The summed E-state index contributed by atoms with van der Waals surface area (Å²) in [5.74, 6) is 1.90. The molecule has 19 heavy (non-hydrogen) atoms. The number of rotatable bonds is 2. The van der Waals surface area contributed by atoms with E-state index in [1.165, 1.54) is 0 Å². The number of hydrogen-bond donors (Lipinski definition) is 1. The fourth-order valence-electron chi connectivity index (χ4n) is 2.19. The zero-order chi connectivity index (χ0) is 13.4. The maximum atomic E-state index is 11.9. The van der Waals surface area contributed by atoms with Crippen LogP contribution < -0.4 is 14.8 Å². The van der Waals surface area contributed by atoms with Crippen molar-refractivity contribution >= 4 is 23.2 Å². The van der Waals surface area contributed by atoms with E-state index in [0.717, 1.165) is 12.8 Å². The molecule has 0 radical (unpaired) electrons. The van der Waals surface area contributed by atoms with Crippen LogP contribution in [0.5, 0.6) is 11.5 Å². The molecule has 1 aromatic carbocycles. The summed E-state index contributed by atoms with van der Waals surface area (Å²) in [6, 6.07) is 3.45. The van der Waals surface area contributed by atoms with Crippen LogP contribution in [0.15, 0.2) is 12.1 Å². The Bertz CT molecular complexity index is 518. The van der Waals surface area contributed by atoms with Crippen molar-refractivity contribution in [2.45, 2.75) is 19.8 Å². The average Bonchev–Trinajstić information content (AvgIpc) is 3.13. The molecule has 0 aromatic heterocycles. The molecule has 1 aliphatic heterocycles. The molecule has 102 valence electrons. The van der Waals surface area contributed by atoms with E-state index in [0.29, 0.717) is 41.3 Å². The van der Waals surface area contributed by atoms with Gasteiger partial charge in [-0.15, -0.1) is 0 Å². The van der Waals surface area contributed by atoms with Gasteiger partial charge in [0.05, 0.1) is 23.9 Å². The van der Waals surface area contributed by atoms with Crippen molar-refractivity contribution in [3.8, 4) is 11.5 Å². The van der Waals surface area contributed by atoms with Crippen LogP contribution in [0, 0.1) is 11.8 Å². The number of anilines is 1. The fourth-order valence-corrected chi connectivity index (χ4v) is 2.39. The molecule has 1 aliphatic carbocycles. The summed E-state index contributed by atoms with van der Waals surface area (Å²) in [6.45, 7) is 3.30. The zero-order valence-corrected chi connectivity index (χ0v) is 11.5. The third-order valence-electron chi connectivity index (χ3n) is 3.54. The molecule has 2 atom stereocenters. The van der Waals surface area contributed by atoms with E-state index in [1.54, 1.807) is 12.1 Å². The molecule has 0 saturated heterocycles. The smallest absolute Gasteiger partial charge is 0.227 e. The largest absolute Gasteiger partial charge is 0.490 e. The van der Waals surface area contributed by atoms with Gasteiger partial charge in [-0.2, -0.15) is 0 Å². The molecule has 1 N–H and O–H groups in total. The van der Waals surface area contributed by atoms with Crippen LogP contribution in [0.25, 0.3) is 0 Å². The van der Waals surface area contributed by atoms with E-state index in [1.807, 2.05) is 0 Å². The maximum Gasteiger partial charge on any atom is 0.227 e. The molecule has 2 aliphatic rings. The Morgan fingerprint density at radius 2 is 1.95 bits per heavy atom. The number of carbonyl (C=O) groups excluding carboxylic acids is 1. The van der Waals surface area contributed by atoms with Gasteiger partial charge in [0.1, 0.15) is 0 Å². The second-order valence-electron chi connectivity index (χ2n) is 5.14. The van der Waals surface area contributed by atoms with Crippen molar-refractivity contribution < 1.29 is 14.3 Å². The molecule has 1 saturated carbocycles. The van der Waals surface area contributed by atoms with E-state index >= 15 is 0 Å². The summed E-state index contributed by atoms with van der Waals surface area (Å²) in [7, 11) is 0. The molecule has 5 heteroatoms. The number of hydrogen-bond acceptors (Lipinski definition) is 3. The van der Waals surface area contributed by atoms with Gasteiger partial charge in [0.15, 0.2) is 11.5 Å². The third kappa shape index (κ3) is 2.63. The summed E-state index contributed by atoms with van der Waals surface area (Å²) in [4.78, 5) is 11.9. The van der Waals surface area contributed by atoms with E-state index in [-0.39, 0.29) is 11.8 Å². The Morgan fingerprint density at radius 3 is 2.58 bits per heavy atom. The van der Waals surface area contributed by atoms with Gasteiger partial charge < -0.3 is 14.8 Å². The first kappa shape index (κ1) is 12.6. The van der Waals surface area contributed by atoms with Gasteiger partial charge in [-0.3, -0.25) is 4.79 Å². The van der Waals surface area contributed by atoms with Crippen LogP contribution >= 0.6 is 11.6 Å². The number of fused-ring (bicyclic) bond motifs is 1. The number of amides is 1. The molecule has 1 amide bonds. The fraction of sp³-hybridized carbons (Fsp3) is 0.500. The molecule has 1 aromatic rings. The Balaban J connectivity index is 1.81. The highest BCUT2D eigenvalue weighted by molar-refractivity contribution is 6.34. The summed E-state index contributed by atoms with van der Waals surface area (Å²) in [5.41, 5.74) is 0.593. The molecule has 4 nitrogen and oxygen atoms in total. The first-order chi connectivity index (χ1) is 9.15. The zero-order valence-electron chi connectivity index (χ0n) is 10.7. The van der Waals surface area contributed by atoms with E-state index in [4.69, 9.17) is 21.1 Å². The highest BCUT2D eigenvalue weighted by Crippen LogP contribution is 2.41. The maximum absolute atomic E-state index is 11.9. The second-order valence-corrected chi connectivity index (χ2v) is 5.55. The van der Waals surface area contributed by atoms with Crippen LogP contribution in [-0.2, 0) is 4.79 Å². The van der Waals surface area contributed by atoms with E-state index in [9.17, 15) is 4.79 Å². The van der Waals surface area contributed by atoms with Crippen LogP contribution in [0.3, 0.4) is 0 Å². The molecule has 2 unspecified atom stereocenters. The number of nitrogens with one attached hydrogen (secondary N) is 1.